The minimum atomic E-state index is -0.723. The van der Waals surface area contributed by atoms with Gasteiger partial charge in [-0.25, -0.2) is 18.7 Å². The van der Waals surface area contributed by atoms with E-state index in [1.807, 2.05) is 0 Å². The number of anilines is 1. The highest BCUT2D eigenvalue weighted by Gasteiger charge is 2.12. The van der Waals surface area contributed by atoms with Gasteiger partial charge >= 0.3 is 0 Å². The fourth-order valence-electron chi connectivity index (χ4n) is 1.26. The molecule has 0 unspecified atom stereocenters. The van der Waals surface area contributed by atoms with Crippen LogP contribution in [0.1, 0.15) is 0 Å². The van der Waals surface area contributed by atoms with Crippen molar-refractivity contribution in [3.63, 3.8) is 0 Å². The van der Waals surface area contributed by atoms with E-state index in [-0.39, 0.29) is 17.1 Å². The van der Waals surface area contributed by atoms with Crippen LogP contribution in [0.2, 0.25) is 0 Å². The predicted molar refractivity (Wildman–Crippen MR) is 59.5 cm³/mol. The average molecular weight is 286 g/mol. The molecule has 0 amide bonds. The molecule has 16 heavy (non-hydrogen) atoms. The molecule has 0 aliphatic rings. The Kier molecular flexibility index (Phi) is 2.82. The number of nitrogens with two attached hydrogens (primary N) is 1. The summed E-state index contributed by atoms with van der Waals surface area (Å²) in [6.45, 7) is 0. The van der Waals surface area contributed by atoms with Gasteiger partial charge < -0.3 is 5.73 Å². The van der Waals surface area contributed by atoms with Crippen molar-refractivity contribution in [2.24, 2.45) is 0 Å². The normalized spacial score (nSPS) is 10.4. The molecule has 1 aromatic carbocycles. The SMILES string of the molecule is Nc1ncc(Br)nc1-c1ccc(F)cc1F. The van der Waals surface area contributed by atoms with E-state index in [2.05, 4.69) is 25.9 Å². The monoisotopic (exact) mass is 285 g/mol. The van der Waals surface area contributed by atoms with Crippen LogP contribution in [0.5, 0.6) is 0 Å². The summed E-state index contributed by atoms with van der Waals surface area (Å²) in [5, 5.41) is 0. The maximum atomic E-state index is 13.5. The van der Waals surface area contributed by atoms with Crippen molar-refractivity contribution < 1.29 is 8.78 Å². The van der Waals surface area contributed by atoms with Gasteiger partial charge in [-0.1, -0.05) is 0 Å². The molecule has 82 valence electrons. The zero-order valence-electron chi connectivity index (χ0n) is 7.92. The van der Waals surface area contributed by atoms with E-state index in [4.69, 9.17) is 5.73 Å². The maximum absolute atomic E-state index is 13.5. The Bertz CT molecular complexity index is 546. The molecule has 0 saturated heterocycles. The summed E-state index contributed by atoms with van der Waals surface area (Å²) in [6, 6.07) is 3.19. The summed E-state index contributed by atoms with van der Waals surface area (Å²) in [5.74, 6) is -1.28. The summed E-state index contributed by atoms with van der Waals surface area (Å²) in [4.78, 5) is 7.83. The van der Waals surface area contributed by atoms with Crippen LogP contribution in [-0.2, 0) is 0 Å². The highest BCUT2D eigenvalue weighted by Crippen LogP contribution is 2.26. The van der Waals surface area contributed by atoms with E-state index in [9.17, 15) is 8.78 Å². The minimum absolute atomic E-state index is 0.0914. The number of rotatable bonds is 1. The third-order valence-electron chi connectivity index (χ3n) is 1.96. The second-order valence-electron chi connectivity index (χ2n) is 3.05. The molecular formula is C10H6BrF2N3. The summed E-state index contributed by atoms with van der Waals surface area (Å²) >= 11 is 3.11. The zero-order chi connectivity index (χ0) is 11.7. The van der Waals surface area contributed by atoms with Gasteiger partial charge in [0.15, 0.2) is 0 Å². The van der Waals surface area contributed by atoms with Crippen LogP contribution in [0.25, 0.3) is 11.3 Å². The molecule has 2 rings (SSSR count). The molecule has 3 nitrogen and oxygen atoms in total. The largest absolute Gasteiger partial charge is 0.382 e. The highest BCUT2D eigenvalue weighted by atomic mass is 79.9. The van der Waals surface area contributed by atoms with E-state index in [0.717, 1.165) is 12.1 Å². The number of hydrogen-bond donors (Lipinski definition) is 1. The van der Waals surface area contributed by atoms with Crippen molar-refractivity contribution in [1.82, 2.24) is 9.97 Å². The Morgan fingerprint density at radius 2 is 2.00 bits per heavy atom. The van der Waals surface area contributed by atoms with Gasteiger partial charge in [-0.15, -0.1) is 0 Å². The lowest BCUT2D eigenvalue weighted by Crippen LogP contribution is -1.99. The standard InChI is InChI=1S/C10H6BrF2N3/c11-8-4-15-10(14)9(16-8)6-2-1-5(12)3-7(6)13/h1-4H,(H2,14,15). The molecular weight excluding hydrogens is 280 g/mol. The lowest BCUT2D eigenvalue weighted by molar-refractivity contribution is 0.585. The van der Waals surface area contributed by atoms with Crippen molar-refractivity contribution in [1.29, 1.82) is 0 Å². The van der Waals surface area contributed by atoms with Crippen molar-refractivity contribution in [3.05, 3.63) is 40.6 Å². The first-order chi connectivity index (χ1) is 7.58. The third-order valence-corrected chi connectivity index (χ3v) is 2.34. The van der Waals surface area contributed by atoms with E-state index >= 15 is 0 Å². The van der Waals surface area contributed by atoms with Crippen molar-refractivity contribution in [3.8, 4) is 11.3 Å². The molecule has 0 aliphatic heterocycles. The second kappa shape index (κ2) is 4.13. The number of nitrogens with zero attached hydrogens (tertiary/aromatic N) is 2. The van der Waals surface area contributed by atoms with E-state index in [0.29, 0.717) is 4.60 Å². The molecule has 0 saturated carbocycles. The van der Waals surface area contributed by atoms with Crippen LogP contribution in [0.4, 0.5) is 14.6 Å². The number of aromatic nitrogens is 2. The van der Waals surface area contributed by atoms with Crippen LogP contribution >= 0.6 is 15.9 Å². The molecule has 6 heteroatoms. The molecule has 0 aliphatic carbocycles. The number of hydrogen-bond acceptors (Lipinski definition) is 3. The van der Waals surface area contributed by atoms with Crippen LogP contribution in [0, 0.1) is 11.6 Å². The third kappa shape index (κ3) is 2.01. The van der Waals surface area contributed by atoms with Gasteiger partial charge in [0.2, 0.25) is 0 Å². The number of halogens is 3. The molecule has 0 bridgehead atoms. The predicted octanol–water partition coefficient (Wildman–Crippen LogP) is 2.77. The molecule has 0 spiro atoms. The van der Waals surface area contributed by atoms with Crippen LogP contribution < -0.4 is 5.73 Å². The van der Waals surface area contributed by atoms with Gasteiger partial charge in [0.1, 0.15) is 27.7 Å². The van der Waals surface area contributed by atoms with Gasteiger partial charge in [0, 0.05) is 11.6 Å². The van der Waals surface area contributed by atoms with Crippen LogP contribution in [0.15, 0.2) is 29.0 Å². The van der Waals surface area contributed by atoms with Crippen LogP contribution in [0.3, 0.4) is 0 Å². The van der Waals surface area contributed by atoms with E-state index < -0.39 is 11.6 Å². The van der Waals surface area contributed by atoms with Gasteiger partial charge in [-0.2, -0.15) is 0 Å². The van der Waals surface area contributed by atoms with Crippen molar-refractivity contribution >= 4 is 21.7 Å². The molecule has 1 aromatic heterocycles. The molecule has 2 aromatic rings. The maximum Gasteiger partial charge on any atom is 0.150 e. The summed E-state index contributed by atoms with van der Waals surface area (Å²) in [6.07, 6.45) is 1.40. The summed E-state index contributed by atoms with van der Waals surface area (Å²) in [5.41, 5.74) is 5.88. The lowest BCUT2D eigenvalue weighted by Gasteiger charge is -2.05. The summed E-state index contributed by atoms with van der Waals surface area (Å²) in [7, 11) is 0. The smallest absolute Gasteiger partial charge is 0.150 e. The fourth-order valence-corrected chi connectivity index (χ4v) is 1.54. The van der Waals surface area contributed by atoms with Gasteiger partial charge in [-0.3, -0.25) is 0 Å². The zero-order valence-corrected chi connectivity index (χ0v) is 9.50. The Balaban J connectivity index is 2.62. The average Bonchev–Trinajstić information content (AvgIpc) is 2.22. The molecule has 0 radical (unpaired) electrons. The number of benzene rings is 1. The van der Waals surface area contributed by atoms with Gasteiger partial charge in [0.25, 0.3) is 0 Å². The Morgan fingerprint density at radius 1 is 1.25 bits per heavy atom. The Labute approximate surface area is 98.5 Å². The van der Waals surface area contributed by atoms with Crippen LogP contribution in [-0.4, -0.2) is 9.97 Å². The van der Waals surface area contributed by atoms with Crippen molar-refractivity contribution in [2.75, 3.05) is 5.73 Å². The topological polar surface area (TPSA) is 51.8 Å². The molecule has 2 N–H and O–H groups in total. The second-order valence-corrected chi connectivity index (χ2v) is 3.86. The first-order valence-electron chi connectivity index (χ1n) is 4.31. The Morgan fingerprint density at radius 3 is 2.69 bits per heavy atom. The minimum Gasteiger partial charge on any atom is -0.382 e. The first kappa shape index (κ1) is 10.9. The molecule has 1 heterocycles. The number of nitrogen functional groups attached to an aromatic ring is 1. The quantitative estimate of drug-likeness (QED) is 0.877. The summed E-state index contributed by atoms with van der Waals surface area (Å²) < 4.78 is 26.6. The molecule has 0 atom stereocenters. The Hall–Kier alpha value is -1.56. The van der Waals surface area contributed by atoms with E-state index in [1.165, 1.54) is 12.3 Å². The molecule has 0 fully saturated rings. The van der Waals surface area contributed by atoms with Gasteiger partial charge in [0.05, 0.1) is 6.20 Å². The van der Waals surface area contributed by atoms with Crippen molar-refractivity contribution in [2.45, 2.75) is 0 Å². The van der Waals surface area contributed by atoms with E-state index in [1.54, 1.807) is 0 Å². The first-order valence-corrected chi connectivity index (χ1v) is 5.10. The lowest BCUT2D eigenvalue weighted by atomic mass is 10.1. The highest BCUT2D eigenvalue weighted by molar-refractivity contribution is 9.10. The fraction of sp³-hybridized carbons (Fsp3) is 0. The van der Waals surface area contributed by atoms with Gasteiger partial charge in [-0.05, 0) is 28.1 Å².